The Hall–Kier alpha value is -1.79. The molecule has 2 saturated heterocycles. The Balaban J connectivity index is 1.77. The van der Waals surface area contributed by atoms with Gasteiger partial charge in [-0.2, -0.15) is 0 Å². The van der Waals surface area contributed by atoms with Gasteiger partial charge in [0.15, 0.2) is 0 Å². The fourth-order valence-electron chi connectivity index (χ4n) is 3.67. The SMILES string of the molecule is O=C(O)[C@H]1CCCN(C(=O)[C@H]2CCCN2C(=O)c2cc(Cl)ccc2Cl)C1. The number of carbonyl (C=O) groups excluding carboxylic acids is 2. The highest BCUT2D eigenvalue weighted by Gasteiger charge is 2.39. The van der Waals surface area contributed by atoms with E-state index in [1.165, 1.54) is 11.0 Å². The Morgan fingerprint density at radius 3 is 2.54 bits per heavy atom. The normalized spacial score (nSPS) is 23.2. The van der Waals surface area contributed by atoms with E-state index in [0.717, 1.165) is 6.42 Å². The molecule has 0 unspecified atom stereocenters. The smallest absolute Gasteiger partial charge is 0.308 e. The summed E-state index contributed by atoms with van der Waals surface area (Å²) in [4.78, 5) is 40.2. The second kappa shape index (κ2) is 7.84. The monoisotopic (exact) mass is 398 g/mol. The van der Waals surface area contributed by atoms with Gasteiger partial charge < -0.3 is 14.9 Å². The minimum absolute atomic E-state index is 0.181. The Labute approximate surface area is 161 Å². The van der Waals surface area contributed by atoms with Gasteiger partial charge in [-0.3, -0.25) is 14.4 Å². The molecule has 0 saturated carbocycles. The summed E-state index contributed by atoms with van der Waals surface area (Å²) in [6, 6.07) is 4.09. The lowest BCUT2D eigenvalue weighted by molar-refractivity contribution is -0.146. The number of rotatable bonds is 3. The fourth-order valence-corrected chi connectivity index (χ4v) is 4.04. The van der Waals surface area contributed by atoms with E-state index in [9.17, 15) is 19.5 Å². The molecule has 2 fully saturated rings. The molecule has 0 bridgehead atoms. The topological polar surface area (TPSA) is 77.9 Å². The average molecular weight is 399 g/mol. The molecule has 1 aromatic carbocycles. The van der Waals surface area contributed by atoms with Gasteiger partial charge in [0, 0.05) is 24.7 Å². The largest absolute Gasteiger partial charge is 0.481 e. The summed E-state index contributed by atoms with van der Waals surface area (Å²) in [7, 11) is 0. The van der Waals surface area contributed by atoms with E-state index in [0.29, 0.717) is 42.4 Å². The third kappa shape index (κ3) is 3.81. The van der Waals surface area contributed by atoms with Gasteiger partial charge in [0.1, 0.15) is 6.04 Å². The van der Waals surface area contributed by atoms with E-state index in [-0.39, 0.29) is 23.9 Å². The van der Waals surface area contributed by atoms with Crippen molar-refractivity contribution in [3.05, 3.63) is 33.8 Å². The molecule has 140 valence electrons. The van der Waals surface area contributed by atoms with Crippen LogP contribution < -0.4 is 0 Å². The van der Waals surface area contributed by atoms with Gasteiger partial charge in [0.25, 0.3) is 5.91 Å². The predicted molar refractivity (Wildman–Crippen MR) is 97.5 cm³/mol. The highest BCUT2D eigenvalue weighted by Crippen LogP contribution is 2.28. The lowest BCUT2D eigenvalue weighted by Crippen LogP contribution is -2.51. The van der Waals surface area contributed by atoms with Gasteiger partial charge >= 0.3 is 5.97 Å². The summed E-state index contributed by atoms with van der Waals surface area (Å²) < 4.78 is 0. The van der Waals surface area contributed by atoms with Crippen molar-refractivity contribution >= 4 is 41.0 Å². The number of carbonyl (C=O) groups is 3. The maximum Gasteiger partial charge on any atom is 0.308 e. The number of amides is 2. The summed E-state index contributed by atoms with van der Waals surface area (Å²) in [5.74, 6) is -1.92. The first kappa shape index (κ1) is 19.0. The summed E-state index contributed by atoms with van der Waals surface area (Å²) in [6.45, 7) is 1.19. The van der Waals surface area contributed by atoms with Crippen LogP contribution in [0.3, 0.4) is 0 Å². The number of halogens is 2. The van der Waals surface area contributed by atoms with Gasteiger partial charge in [0.05, 0.1) is 16.5 Å². The van der Waals surface area contributed by atoms with Crippen molar-refractivity contribution in [2.24, 2.45) is 5.92 Å². The van der Waals surface area contributed by atoms with Crippen molar-refractivity contribution in [1.82, 2.24) is 9.80 Å². The lowest BCUT2D eigenvalue weighted by atomic mass is 9.97. The first-order valence-corrected chi connectivity index (χ1v) is 9.41. The van der Waals surface area contributed by atoms with Crippen molar-refractivity contribution in [1.29, 1.82) is 0 Å². The molecule has 2 aliphatic heterocycles. The number of likely N-dealkylation sites (tertiary alicyclic amines) is 2. The number of hydrogen-bond acceptors (Lipinski definition) is 3. The van der Waals surface area contributed by atoms with Crippen LogP contribution in [0.5, 0.6) is 0 Å². The number of carboxylic acid groups (broad SMARTS) is 1. The highest BCUT2D eigenvalue weighted by atomic mass is 35.5. The molecule has 2 atom stereocenters. The molecule has 0 aromatic heterocycles. The maximum atomic E-state index is 12.9. The molecule has 0 radical (unpaired) electrons. The van der Waals surface area contributed by atoms with Crippen LogP contribution >= 0.6 is 23.2 Å². The minimum atomic E-state index is -0.882. The number of benzene rings is 1. The zero-order valence-electron chi connectivity index (χ0n) is 14.2. The third-order valence-electron chi connectivity index (χ3n) is 5.04. The molecule has 2 heterocycles. The van der Waals surface area contributed by atoms with Crippen LogP contribution in [0, 0.1) is 5.92 Å². The second-order valence-electron chi connectivity index (χ2n) is 6.74. The third-order valence-corrected chi connectivity index (χ3v) is 5.60. The minimum Gasteiger partial charge on any atom is -0.481 e. The molecule has 0 spiro atoms. The molecule has 1 N–H and O–H groups in total. The summed E-state index contributed by atoms with van der Waals surface area (Å²) in [5.41, 5.74) is 0.279. The molecule has 26 heavy (non-hydrogen) atoms. The Morgan fingerprint density at radius 1 is 1.08 bits per heavy atom. The first-order chi connectivity index (χ1) is 12.4. The zero-order valence-corrected chi connectivity index (χ0v) is 15.7. The van der Waals surface area contributed by atoms with Crippen LogP contribution in [0.15, 0.2) is 18.2 Å². The molecule has 3 rings (SSSR count). The second-order valence-corrected chi connectivity index (χ2v) is 7.59. The van der Waals surface area contributed by atoms with Crippen LogP contribution in [0.2, 0.25) is 10.0 Å². The molecular formula is C18H20Cl2N2O4. The first-order valence-electron chi connectivity index (χ1n) is 8.66. The quantitative estimate of drug-likeness (QED) is 0.848. The Bertz CT molecular complexity index is 740. The van der Waals surface area contributed by atoms with E-state index < -0.39 is 17.9 Å². The molecular weight excluding hydrogens is 379 g/mol. The van der Waals surface area contributed by atoms with E-state index in [2.05, 4.69) is 0 Å². The number of piperidine rings is 1. The Morgan fingerprint density at radius 2 is 1.81 bits per heavy atom. The average Bonchev–Trinajstić information content (AvgIpc) is 3.12. The van der Waals surface area contributed by atoms with Gasteiger partial charge in [-0.1, -0.05) is 23.2 Å². The van der Waals surface area contributed by atoms with E-state index in [4.69, 9.17) is 23.2 Å². The van der Waals surface area contributed by atoms with Crippen LogP contribution in [-0.2, 0) is 9.59 Å². The zero-order chi connectivity index (χ0) is 18.8. The van der Waals surface area contributed by atoms with Crippen molar-refractivity contribution in [3.8, 4) is 0 Å². The maximum absolute atomic E-state index is 12.9. The van der Waals surface area contributed by atoms with Gasteiger partial charge in [-0.25, -0.2) is 0 Å². The molecule has 2 amide bonds. The van der Waals surface area contributed by atoms with E-state index in [1.54, 1.807) is 17.0 Å². The van der Waals surface area contributed by atoms with E-state index >= 15 is 0 Å². The molecule has 2 aliphatic rings. The van der Waals surface area contributed by atoms with Crippen molar-refractivity contribution in [2.45, 2.75) is 31.7 Å². The molecule has 1 aromatic rings. The van der Waals surface area contributed by atoms with Gasteiger partial charge in [-0.15, -0.1) is 0 Å². The van der Waals surface area contributed by atoms with Crippen LogP contribution in [0.25, 0.3) is 0 Å². The van der Waals surface area contributed by atoms with Crippen LogP contribution in [0.1, 0.15) is 36.0 Å². The molecule has 6 nitrogen and oxygen atoms in total. The van der Waals surface area contributed by atoms with E-state index in [1.807, 2.05) is 0 Å². The van der Waals surface area contributed by atoms with Crippen LogP contribution in [-0.4, -0.2) is 58.4 Å². The molecule has 0 aliphatic carbocycles. The summed E-state index contributed by atoms with van der Waals surface area (Å²) >= 11 is 12.1. The summed E-state index contributed by atoms with van der Waals surface area (Å²) in [5, 5.41) is 9.91. The number of nitrogens with zero attached hydrogens (tertiary/aromatic N) is 2. The van der Waals surface area contributed by atoms with Crippen LogP contribution in [0.4, 0.5) is 0 Å². The van der Waals surface area contributed by atoms with Gasteiger partial charge in [-0.05, 0) is 43.9 Å². The summed E-state index contributed by atoms with van der Waals surface area (Å²) in [6.07, 6.45) is 2.52. The fraction of sp³-hybridized carbons (Fsp3) is 0.500. The number of hydrogen-bond donors (Lipinski definition) is 1. The standard InChI is InChI=1S/C18H20Cl2N2O4/c19-12-5-6-14(20)13(9-12)16(23)22-8-2-4-15(22)17(24)21-7-1-3-11(10-21)18(25)26/h5-6,9,11,15H,1-4,7-8,10H2,(H,25,26)/t11-,15+/m0/s1. The van der Waals surface area contributed by atoms with Gasteiger partial charge in [0.2, 0.25) is 5.91 Å². The van der Waals surface area contributed by atoms with Crippen molar-refractivity contribution in [2.75, 3.05) is 19.6 Å². The molecule has 8 heteroatoms. The van der Waals surface area contributed by atoms with Crippen molar-refractivity contribution in [3.63, 3.8) is 0 Å². The number of carboxylic acids is 1. The van der Waals surface area contributed by atoms with Crippen molar-refractivity contribution < 1.29 is 19.5 Å². The number of aliphatic carboxylic acids is 1. The highest BCUT2D eigenvalue weighted by molar-refractivity contribution is 6.35. The lowest BCUT2D eigenvalue weighted by Gasteiger charge is -2.35. The Kier molecular flexibility index (Phi) is 5.73. The predicted octanol–water partition coefficient (Wildman–Crippen LogP) is 2.92.